The summed E-state index contributed by atoms with van der Waals surface area (Å²) in [5, 5.41) is 18.0. The highest BCUT2D eigenvalue weighted by Crippen LogP contribution is 2.20. The van der Waals surface area contributed by atoms with E-state index in [1.807, 2.05) is 6.92 Å². The molecule has 0 radical (unpaired) electrons. The average molecular weight is 368 g/mol. The summed E-state index contributed by atoms with van der Waals surface area (Å²) in [5.41, 5.74) is 0.394. The SMILES string of the molecule is CCc1cc(=O)[nH]c(-n2nc(C)cc2NC(=O)c2ccccc2[N+](=O)[O-])n1. The number of aromatic amines is 1. The number of H-pyrrole nitrogens is 1. The number of rotatable bonds is 5. The molecule has 1 aromatic carbocycles. The van der Waals surface area contributed by atoms with Crippen molar-refractivity contribution in [1.82, 2.24) is 19.7 Å². The lowest BCUT2D eigenvalue weighted by Gasteiger charge is -2.09. The zero-order valence-electron chi connectivity index (χ0n) is 14.6. The van der Waals surface area contributed by atoms with Gasteiger partial charge in [-0.25, -0.2) is 4.98 Å². The Kier molecular flexibility index (Phi) is 4.79. The molecular weight excluding hydrogens is 352 g/mol. The van der Waals surface area contributed by atoms with Crippen molar-refractivity contribution in [2.45, 2.75) is 20.3 Å². The van der Waals surface area contributed by atoms with Gasteiger partial charge in [-0.05, 0) is 19.4 Å². The second kappa shape index (κ2) is 7.20. The molecule has 0 aliphatic rings. The van der Waals surface area contributed by atoms with Crippen LogP contribution in [0.15, 0.2) is 41.2 Å². The monoisotopic (exact) mass is 368 g/mol. The third-order valence-electron chi connectivity index (χ3n) is 3.76. The number of hydrogen-bond acceptors (Lipinski definition) is 6. The normalized spacial score (nSPS) is 10.6. The number of amides is 1. The number of para-hydroxylation sites is 1. The second-order valence-electron chi connectivity index (χ2n) is 5.73. The molecule has 3 aromatic rings. The van der Waals surface area contributed by atoms with Crippen molar-refractivity contribution >= 4 is 17.4 Å². The van der Waals surface area contributed by atoms with Crippen LogP contribution in [-0.4, -0.2) is 30.6 Å². The fourth-order valence-corrected chi connectivity index (χ4v) is 2.53. The Morgan fingerprint density at radius 2 is 2.07 bits per heavy atom. The molecule has 10 nitrogen and oxygen atoms in total. The predicted molar refractivity (Wildman–Crippen MR) is 97.1 cm³/mol. The van der Waals surface area contributed by atoms with E-state index in [2.05, 4.69) is 20.4 Å². The van der Waals surface area contributed by atoms with Gasteiger partial charge in [-0.1, -0.05) is 19.1 Å². The molecular formula is C17H16N6O4. The number of carbonyl (C=O) groups is 1. The van der Waals surface area contributed by atoms with E-state index in [0.717, 1.165) is 0 Å². The number of carbonyl (C=O) groups excluding carboxylic acids is 1. The molecule has 0 aliphatic carbocycles. The quantitative estimate of drug-likeness (QED) is 0.522. The van der Waals surface area contributed by atoms with Gasteiger partial charge in [-0.15, -0.1) is 0 Å². The van der Waals surface area contributed by atoms with Crippen LogP contribution >= 0.6 is 0 Å². The third-order valence-corrected chi connectivity index (χ3v) is 3.76. The predicted octanol–water partition coefficient (Wildman–Crippen LogP) is 1.99. The van der Waals surface area contributed by atoms with Crippen LogP contribution in [0.1, 0.15) is 28.7 Å². The van der Waals surface area contributed by atoms with Gasteiger partial charge in [0.05, 0.1) is 10.6 Å². The molecule has 0 aliphatic heterocycles. The number of anilines is 1. The molecule has 0 saturated heterocycles. The summed E-state index contributed by atoms with van der Waals surface area (Å²) in [5.74, 6) is -0.296. The summed E-state index contributed by atoms with van der Waals surface area (Å²) in [4.78, 5) is 41.8. The van der Waals surface area contributed by atoms with E-state index in [-0.39, 0.29) is 28.6 Å². The maximum atomic E-state index is 12.6. The number of nitro groups is 1. The summed E-state index contributed by atoms with van der Waals surface area (Å²) < 4.78 is 1.28. The average Bonchev–Trinajstić information content (AvgIpc) is 3.01. The van der Waals surface area contributed by atoms with Gasteiger partial charge in [0, 0.05) is 23.9 Å². The van der Waals surface area contributed by atoms with Crippen molar-refractivity contribution in [2.75, 3.05) is 5.32 Å². The lowest BCUT2D eigenvalue weighted by molar-refractivity contribution is -0.385. The Bertz CT molecular complexity index is 1090. The standard InChI is InChI=1S/C17H16N6O4/c1-3-11-9-15(24)20-17(18-11)22-14(8-10(2)21-22)19-16(25)12-6-4-5-7-13(12)23(26)27/h4-9H,3H2,1-2H3,(H,19,25)(H,18,20,24). The lowest BCUT2D eigenvalue weighted by atomic mass is 10.1. The number of benzene rings is 1. The summed E-state index contributed by atoms with van der Waals surface area (Å²) in [7, 11) is 0. The van der Waals surface area contributed by atoms with Crippen molar-refractivity contribution in [3.8, 4) is 5.95 Å². The zero-order chi connectivity index (χ0) is 19.6. The minimum Gasteiger partial charge on any atom is -0.306 e. The second-order valence-corrected chi connectivity index (χ2v) is 5.73. The van der Waals surface area contributed by atoms with Crippen LogP contribution in [0, 0.1) is 17.0 Å². The number of hydrogen-bond donors (Lipinski definition) is 2. The van der Waals surface area contributed by atoms with Gasteiger partial charge in [0.15, 0.2) is 0 Å². The molecule has 2 heterocycles. The highest BCUT2D eigenvalue weighted by atomic mass is 16.6. The molecule has 0 fully saturated rings. The number of aromatic nitrogens is 4. The molecule has 0 bridgehead atoms. The summed E-state index contributed by atoms with van der Waals surface area (Å²) in [6.45, 7) is 3.57. The van der Waals surface area contributed by atoms with Crippen molar-refractivity contribution in [3.05, 3.63) is 73.8 Å². The summed E-state index contributed by atoms with van der Waals surface area (Å²) >= 11 is 0. The van der Waals surface area contributed by atoms with E-state index in [1.165, 1.54) is 35.0 Å². The first kappa shape index (κ1) is 18.0. The zero-order valence-corrected chi connectivity index (χ0v) is 14.6. The first-order valence-electron chi connectivity index (χ1n) is 8.11. The molecule has 2 aromatic heterocycles. The van der Waals surface area contributed by atoms with Crippen LogP contribution in [-0.2, 0) is 6.42 Å². The molecule has 138 valence electrons. The number of nitro benzene ring substituents is 1. The van der Waals surface area contributed by atoms with E-state index < -0.39 is 10.8 Å². The maximum absolute atomic E-state index is 12.6. The summed E-state index contributed by atoms with van der Waals surface area (Å²) in [6, 6.07) is 8.58. The topological polar surface area (TPSA) is 136 Å². The Hall–Kier alpha value is -3.82. The Labute approximate surface area is 153 Å². The first-order chi connectivity index (χ1) is 12.9. The van der Waals surface area contributed by atoms with Crippen LogP contribution in [0.5, 0.6) is 0 Å². The van der Waals surface area contributed by atoms with E-state index in [1.54, 1.807) is 13.0 Å². The molecule has 0 atom stereocenters. The highest BCUT2D eigenvalue weighted by molar-refractivity contribution is 6.06. The van der Waals surface area contributed by atoms with Gasteiger partial charge >= 0.3 is 0 Å². The van der Waals surface area contributed by atoms with Crippen LogP contribution < -0.4 is 10.9 Å². The lowest BCUT2D eigenvalue weighted by Crippen LogP contribution is -2.19. The molecule has 0 saturated carbocycles. The third kappa shape index (κ3) is 3.73. The van der Waals surface area contributed by atoms with Crippen LogP contribution in [0.2, 0.25) is 0 Å². The molecule has 0 unspecified atom stereocenters. The van der Waals surface area contributed by atoms with Gasteiger partial charge in [0.1, 0.15) is 11.4 Å². The Morgan fingerprint density at radius 3 is 2.78 bits per heavy atom. The largest absolute Gasteiger partial charge is 0.306 e. The van der Waals surface area contributed by atoms with E-state index in [0.29, 0.717) is 17.8 Å². The van der Waals surface area contributed by atoms with Gasteiger partial charge in [0.25, 0.3) is 17.2 Å². The molecule has 2 N–H and O–H groups in total. The van der Waals surface area contributed by atoms with Crippen molar-refractivity contribution in [1.29, 1.82) is 0 Å². The van der Waals surface area contributed by atoms with Crippen molar-refractivity contribution in [3.63, 3.8) is 0 Å². The minimum absolute atomic E-state index is 0.0864. The minimum atomic E-state index is -0.669. The molecule has 0 spiro atoms. The van der Waals surface area contributed by atoms with Crippen LogP contribution in [0.25, 0.3) is 5.95 Å². The Balaban J connectivity index is 2.01. The molecule has 27 heavy (non-hydrogen) atoms. The number of nitrogens with zero attached hydrogens (tertiary/aromatic N) is 4. The van der Waals surface area contributed by atoms with Gasteiger partial charge < -0.3 is 5.32 Å². The fourth-order valence-electron chi connectivity index (χ4n) is 2.53. The number of nitrogens with one attached hydrogen (secondary N) is 2. The maximum Gasteiger partial charge on any atom is 0.282 e. The summed E-state index contributed by atoms with van der Waals surface area (Å²) in [6.07, 6.45) is 0.551. The smallest absolute Gasteiger partial charge is 0.282 e. The molecule has 1 amide bonds. The van der Waals surface area contributed by atoms with Crippen LogP contribution in [0.3, 0.4) is 0 Å². The Morgan fingerprint density at radius 1 is 1.33 bits per heavy atom. The van der Waals surface area contributed by atoms with Gasteiger partial charge in [0.2, 0.25) is 5.95 Å². The van der Waals surface area contributed by atoms with Gasteiger partial charge in [-0.2, -0.15) is 9.78 Å². The van der Waals surface area contributed by atoms with E-state index in [4.69, 9.17) is 0 Å². The van der Waals surface area contributed by atoms with Gasteiger partial charge in [-0.3, -0.25) is 24.7 Å². The molecule has 3 rings (SSSR count). The van der Waals surface area contributed by atoms with Crippen molar-refractivity contribution < 1.29 is 9.72 Å². The number of aryl methyl sites for hydroxylation is 2. The first-order valence-corrected chi connectivity index (χ1v) is 8.11. The highest BCUT2D eigenvalue weighted by Gasteiger charge is 2.21. The van der Waals surface area contributed by atoms with Crippen LogP contribution in [0.4, 0.5) is 11.5 Å². The molecule has 10 heteroatoms. The fraction of sp³-hybridized carbons (Fsp3) is 0.176. The van der Waals surface area contributed by atoms with E-state index in [9.17, 15) is 19.7 Å². The van der Waals surface area contributed by atoms with Crippen molar-refractivity contribution in [2.24, 2.45) is 0 Å². The van der Waals surface area contributed by atoms with E-state index >= 15 is 0 Å².